The Hall–Kier alpha value is -2.82. The minimum atomic E-state index is -3.46. The van der Waals surface area contributed by atoms with Crippen molar-refractivity contribution in [1.29, 1.82) is 0 Å². The van der Waals surface area contributed by atoms with Gasteiger partial charge in [0.15, 0.2) is 5.82 Å². The molecule has 1 saturated heterocycles. The van der Waals surface area contributed by atoms with Gasteiger partial charge in [0, 0.05) is 36.4 Å². The van der Waals surface area contributed by atoms with Crippen molar-refractivity contribution >= 4 is 33.1 Å². The first-order valence-electron chi connectivity index (χ1n) is 12.9. The molecule has 0 bridgehead atoms. The van der Waals surface area contributed by atoms with Gasteiger partial charge in [-0.1, -0.05) is 23.7 Å². The average Bonchev–Trinajstić information content (AvgIpc) is 3.35. The lowest BCUT2D eigenvalue weighted by Crippen LogP contribution is -2.29. The largest absolute Gasteiger partial charge is 0.351 e. The van der Waals surface area contributed by atoms with Gasteiger partial charge in [-0.2, -0.15) is 0 Å². The van der Waals surface area contributed by atoms with Gasteiger partial charge in [-0.05, 0) is 69.5 Å². The number of aromatic nitrogens is 2. The molecule has 0 aliphatic carbocycles. The normalized spacial score (nSPS) is 16.3. The van der Waals surface area contributed by atoms with Gasteiger partial charge in [0.25, 0.3) is 0 Å². The molecule has 0 radical (unpaired) electrons. The number of hydrogen-bond acceptors (Lipinski definition) is 6. The van der Waals surface area contributed by atoms with Crippen LogP contribution in [0.1, 0.15) is 36.9 Å². The number of hydrogen-bond donors (Lipinski definition) is 1. The van der Waals surface area contributed by atoms with Crippen LogP contribution in [0.2, 0.25) is 5.02 Å². The van der Waals surface area contributed by atoms with Crippen LogP contribution in [-0.2, 0) is 23.0 Å². The zero-order valence-corrected chi connectivity index (χ0v) is 22.5. The molecular weight excluding hydrogens is 532 g/mol. The Morgan fingerprint density at radius 1 is 0.947 bits per heavy atom. The quantitative estimate of drug-likeness (QED) is 0.378. The number of aryl methyl sites for hydroxylation is 1. The van der Waals surface area contributed by atoms with Crippen LogP contribution in [0.5, 0.6) is 0 Å². The van der Waals surface area contributed by atoms with Crippen LogP contribution in [0.25, 0.3) is 11.3 Å². The summed E-state index contributed by atoms with van der Waals surface area (Å²) in [5.74, 6) is -0.558. The molecular formula is C27H30ClF2N5O2S. The van der Waals surface area contributed by atoms with Crippen molar-refractivity contribution in [2.45, 2.75) is 38.6 Å². The van der Waals surface area contributed by atoms with Gasteiger partial charge >= 0.3 is 0 Å². The third-order valence-corrected chi connectivity index (χ3v) is 8.71. The molecule has 1 N–H and O–H groups in total. The van der Waals surface area contributed by atoms with E-state index < -0.39 is 21.7 Å². The standard InChI is InChI=1S/C27H30ClF2N5O2S/c28-26-21(22(29)10-11-23(26)30)18-35-14-2-1-5-24-27(35)32-25(17-31-24)19-6-8-20(9-7-19)33-38(36,37)16-15-34-12-3-4-13-34/h6-11,17,33H,1-5,12-16,18H2. The Morgan fingerprint density at radius 3 is 2.42 bits per heavy atom. The Morgan fingerprint density at radius 2 is 1.66 bits per heavy atom. The molecule has 0 unspecified atom stereocenters. The van der Waals surface area contributed by atoms with E-state index in [1.807, 2.05) is 4.90 Å². The zero-order chi connectivity index (χ0) is 26.7. The molecule has 7 nitrogen and oxygen atoms in total. The smallest absolute Gasteiger partial charge is 0.233 e. The first-order valence-corrected chi connectivity index (χ1v) is 14.9. The van der Waals surface area contributed by atoms with Crippen LogP contribution in [-0.4, -0.2) is 55.2 Å². The second-order valence-corrected chi connectivity index (χ2v) is 12.0. The zero-order valence-electron chi connectivity index (χ0n) is 21.0. The number of likely N-dealkylation sites (tertiary alicyclic amines) is 1. The lowest BCUT2D eigenvalue weighted by Gasteiger charge is -2.24. The van der Waals surface area contributed by atoms with E-state index in [-0.39, 0.29) is 22.9 Å². The summed E-state index contributed by atoms with van der Waals surface area (Å²) < 4.78 is 56.3. The molecule has 0 saturated carbocycles. The maximum atomic E-state index is 14.5. The molecule has 2 aliphatic rings. The van der Waals surface area contributed by atoms with E-state index in [2.05, 4.69) is 14.6 Å². The van der Waals surface area contributed by atoms with Crippen LogP contribution in [0, 0.1) is 11.6 Å². The maximum Gasteiger partial charge on any atom is 0.233 e. The number of sulfonamides is 1. The van der Waals surface area contributed by atoms with Crippen LogP contribution in [0.15, 0.2) is 42.6 Å². The molecule has 1 fully saturated rings. The molecule has 0 atom stereocenters. The third kappa shape index (κ3) is 6.24. The first kappa shape index (κ1) is 26.8. The second-order valence-electron chi connectivity index (χ2n) is 9.77. The highest BCUT2D eigenvalue weighted by atomic mass is 35.5. The molecule has 3 heterocycles. The molecule has 11 heteroatoms. The highest BCUT2D eigenvalue weighted by Gasteiger charge is 2.23. The molecule has 0 amide bonds. The van der Waals surface area contributed by atoms with Crippen LogP contribution in [0.4, 0.5) is 20.3 Å². The molecule has 0 spiro atoms. The molecule has 38 heavy (non-hydrogen) atoms. The number of anilines is 2. The van der Waals surface area contributed by atoms with E-state index in [1.165, 1.54) is 0 Å². The van der Waals surface area contributed by atoms with Gasteiger partial charge < -0.3 is 9.80 Å². The second kappa shape index (κ2) is 11.5. The first-order chi connectivity index (χ1) is 18.3. The van der Waals surface area contributed by atoms with Gasteiger partial charge in [0.05, 0.1) is 28.4 Å². The van der Waals surface area contributed by atoms with E-state index in [0.29, 0.717) is 30.3 Å². The SMILES string of the molecule is O=S(=O)(CCN1CCCC1)Nc1ccc(-c2cnc3c(n2)N(Cc2c(F)ccc(F)c2Cl)CCCC3)cc1. The summed E-state index contributed by atoms with van der Waals surface area (Å²) >= 11 is 6.10. The minimum absolute atomic E-state index is 0.0524. The van der Waals surface area contributed by atoms with E-state index in [1.54, 1.807) is 30.5 Å². The van der Waals surface area contributed by atoms with Gasteiger partial charge in [0.1, 0.15) is 11.6 Å². The fraction of sp³-hybridized carbons (Fsp3) is 0.407. The van der Waals surface area contributed by atoms with E-state index >= 15 is 0 Å². The van der Waals surface area contributed by atoms with E-state index in [4.69, 9.17) is 16.6 Å². The Bertz CT molecular complexity index is 1400. The molecule has 202 valence electrons. The third-order valence-electron chi connectivity index (χ3n) is 7.04. The fourth-order valence-corrected chi connectivity index (χ4v) is 6.24. The number of halogens is 3. The van der Waals surface area contributed by atoms with Crippen molar-refractivity contribution in [3.05, 3.63) is 70.5 Å². The number of nitrogens with one attached hydrogen (secondary N) is 1. The molecule has 3 aromatic rings. The summed E-state index contributed by atoms with van der Waals surface area (Å²) in [6.07, 6.45) is 6.42. The monoisotopic (exact) mass is 561 g/mol. The summed E-state index contributed by atoms with van der Waals surface area (Å²) in [5, 5.41) is -0.224. The summed E-state index contributed by atoms with van der Waals surface area (Å²) in [6.45, 7) is 3.11. The Labute approximate surface area is 226 Å². The summed E-state index contributed by atoms with van der Waals surface area (Å²) in [6, 6.07) is 9.09. The Kier molecular flexibility index (Phi) is 8.11. The molecule has 2 aromatic carbocycles. The lowest BCUT2D eigenvalue weighted by molar-refractivity contribution is 0.359. The number of rotatable bonds is 8. The van der Waals surface area contributed by atoms with Crippen molar-refractivity contribution in [2.75, 3.05) is 41.6 Å². The summed E-state index contributed by atoms with van der Waals surface area (Å²) in [7, 11) is -3.46. The van der Waals surface area contributed by atoms with Gasteiger partial charge in [-0.3, -0.25) is 9.71 Å². The lowest BCUT2D eigenvalue weighted by atomic mass is 10.1. The van der Waals surface area contributed by atoms with Gasteiger partial charge in [0.2, 0.25) is 10.0 Å². The van der Waals surface area contributed by atoms with Crippen molar-refractivity contribution in [2.24, 2.45) is 0 Å². The fourth-order valence-electron chi connectivity index (χ4n) is 4.93. The summed E-state index contributed by atoms with van der Waals surface area (Å²) in [4.78, 5) is 13.5. The highest BCUT2D eigenvalue weighted by molar-refractivity contribution is 7.92. The van der Waals surface area contributed by atoms with Crippen molar-refractivity contribution in [3.8, 4) is 11.3 Å². The van der Waals surface area contributed by atoms with Gasteiger partial charge in [-0.15, -0.1) is 0 Å². The highest BCUT2D eigenvalue weighted by Crippen LogP contribution is 2.31. The van der Waals surface area contributed by atoms with Gasteiger partial charge in [-0.25, -0.2) is 22.2 Å². The number of nitrogens with zero attached hydrogens (tertiary/aromatic N) is 4. The molecule has 5 rings (SSSR count). The maximum absolute atomic E-state index is 14.5. The van der Waals surface area contributed by atoms with E-state index in [9.17, 15) is 17.2 Å². The predicted octanol–water partition coefficient (Wildman–Crippen LogP) is 5.26. The number of benzene rings is 2. The van der Waals surface area contributed by atoms with Crippen LogP contribution >= 0.6 is 11.6 Å². The predicted molar refractivity (Wildman–Crippen MR) is 146 cm³/mol. The molecule has 1 aromatic heterocycles. The molecule has 2 aliphatic heterocycles. The summed E-state index contributed by atoms with van der Waals surface area (Å²) in [5.41, 5.74) is 2.73. The average molecular weight is 562 g/mol. The van der Waals surface area contributed by atoms with Crippen molar-refractivity contribution in [3.63, 3.8) is 0 Å². The van der Waals surface area contributed by atoms with Crippen LogP contribution < -0.4 is 9.62 Å². The van der Waals surface area contributed by atoms with E-state index in [0.717, 1.165) is 68.6 Å². The number of fused-ring (bicyclic) bond motifs is 1. The topological polar surface area (TPSA) is 78.4 Å². The van der Waals surface area contributed by atoms with Crippen LogP contribution in [0.3, 0.4) is 0 Å². The minimum Gasteiger partial charge on any atom is -0.351 e. The van der Waals surface area contributed by atoms with Crippen molar-refractivity contribution < 1.29 is 17.2 Å². The van der Waals surface area contributed by atoms with Crippen molar-refractivity contribution in [1.82, 2.24) is 14.9 Å². The Balaban J connectivity index is 1.34.